The Morgan fingerprint density at radius 2 is 2.33 bits per heavy atom. The summed E-state index contributed by atoms with van der Waals surface area (Å²) in [6.07, 6.45) is 3.32. The van der Waals surface area contributed by atoms with Crippen molar-refractivity contribution in [3.63, 3.8) is 0 Å². The average molecular weight is 230 g/mol. The number of halogens is 1. The lowest BCUT2D eigenvalue weighted by Gasteiger charge is -2.23. The Labute approximate surface area is 94.5 Å². The highest BCUT2D eigenvalue weighted by Gasteiger charge is 2.14. The molecule has 0 aliphatic carbocycles. The number of rotatable bonds is 4. The summed E-state index contributed by atoms with van der Waals surface area (Å²) >= 11 is 5.74. The van der Waals surface area contributed by atoms with Gasteiger partial charge in [0, 0.05) is 37.9 Å². The first-order valence-electron chi connectivity index (χ1n) is 4.96. The highest BCUT2D eigenvalue weighted by atomic mass is 35.5. The fourth-order valence-electron chi connectivity index (χ4n) is 1.24. The third-order valence-electron chi connectivity index (χ3n) is 2.45. The molecule has 0 bridgehead atoms. The van der Waals surface area contributed by atoms with Gasteiger partial charge >= 0.3 is 0 Å². The van der Waals surface area contributed by atoms with Crippen molar-refractivity contribution in [1.82, 2.24) is 9.55 Å². The maximum atomic E-state index is 11.9. The molecular formula is C10H16ClN3O. The van der Waals surface area contributed by atoms with Crippen LogP contribution in [-0.4, -0.2) is 28.5 Å². The third kappa shape index (κ3) is 2.50. The van der Waals surface area contributed by atoms with Gasteiger partial charge in [0.15, 0.2) is 5.82 Å². The molecular weight excluding hydrogens is 214 g/mol. The van der Waals surface area contributed by atoms with E-state index >= 15 is 0 Å². The van der Waals surface area contributed by atoms with E-state index in [-0.39, 0.29) is 11.6 Å². The van der Waals surface area contributed by atoms with Crippen LogP contribution in [0.1, 0.15) is 13.8 Å². The second-order valence-corrected chi connectivity index (χ2v) is 3.76. The minimum Gasteiger partial charge on any atom is -0.351 e. The van der Waals surface area contributed by atoms with Gasteiger partial charge in [-0.15, -0.1) is 11.6 Å². The molecule has 1 atom stereocenters. The van der Waals surface area contributed by atoms with E-state index in [0.717, 1.165) is 0 Å². The minimum absolute atomic E-state index is 0.0699. The van der Waals surface area contributed by atoms with Crippen molar-refractivity contribution in [2.45, 2.75) is 26.4 Å². The molecule has 0 spiro atoms. The smallest absolute Gasteiger partial charge is 0.293 e. The van der Waals surface area contributed by atoms with Crippen LogP contribution in [0, 0.1) is 0 Å². The van der Waals surface area contributed by atoms with Gasteiger partial charge in [0.1, 0.15) is 0 Å². The van der Waals surface area contributed by atoms with Crippen molar-refractivity contribution < 1.29 is 0 Å². The Bertz CT molecular complexity index is 377. The number of hydrogen-bond donors (Lipinski definition) is 0. The van der Waals surface area contributed by atoms with Crippen LogP contribution in [0.5, 0.6) is 0 Å². The Kier molecular flexibility index (Phi) is 4.15. The monoisotopic (exact) mass is 229 g/mol. The van der Waals surface area contributed by atoms with Gasteiger partial charge in [-0.2, -0.15) is 0 Å². The van der Waals surface area contributed by atoms with Crippen LogP contribution in [0.25, 0.3) is 0 Å². The Morgan fingerprint density at radius 1 is 1.67 bits per heavy atom. The molecule has 0 radical (unpaired) electrons. The number of alkyl halides is 1. The SMILES string of the molecule is CCn1ccnc(N(C)C(C)CCl)c1=O. The number of nitrogens with zero attached hydrogens (tertiary/aromatic N) is 3. The molecule has 1 heterocycles. The largest absolute Gasteiger partial charge is 0.351 e. The van der Waals surface area contributed by atoms with Gasteiger partial charge in [-0.1, -0.05) is 0 Å². The molecule has 84 valence electrons. The van der Waals surface area contributed by atoms with Crippen molar-refractivity contribution in [3.05, 3.63) is 22.7 Å². The van der Waals surface area contributed by atoms with Crippen LogP contribution in [0.4, 0.5) is 5.82 Å². The molecule has 0 saturated carbocycles. The molecule has 4 nitrogen and oxygen atoms in total. The standard InChI is InChI=1S/C10H16ClN3O/c1-4-14-6-5-12-9(10(14)15)13(3)8(2)7-11/h5-6,8H,4,7H2,1-3H3. The zero-order chi connectivity index (χ0) is 11.4. The molecule has 1 aromatic heterocycles. The second kappa shape index (κ2) is 5.16. The molecule has 0 amide bonds. The highest BCUT2D eigenvalue weighted by molar-refractivity contribution is 6.18. The van der Waals surface area contributed by atoms with Crippen LogP contribution in [0.2, 0.25) is 0 Å². The lowest BCUT2D eigenvalue weighted by molar-refractivity contribution is 0.687. The summed E-state index contributed by atoms with van der Waals surface area (Å²) in [5.74, 6) is 0.922. The molecule has 1 rings (SSSR count). The van der Waals surface area contributed by atoms with Gasteiger partial charge in [-0.3, -0.25) is 4.79 Å². The van der Waals surface area contributed by atoms with Gasteiger partial charge in [0.25, 0.3) is 5.56 Å². The first kappa shape index (κ1) is 12.0. The lowest BCUT2D eigenvalue weighted by atomic mass is 10.3. The molecule has 15 heavy (non-hydrogen) atoms. The van der Waals surface area contributed by atoms with Crippen LogP contribution >= 0.6 is 11.6 Å². The first-order chi connectivity index (χ1) is 7.11. The Hall–Kier alpha value is -1.03. The van der Waals surface area contributed by atoms with E-state index < -0.39 is 0 Å². The van der Waals surface area contributed by atoms with Crippen LogP contribution in [-0.2, 0) is 6.54 Å². The first-order valence-corrected chi connectivity index (χ1v) is 5.49. The van der Waals surface area contributed by atoms with Gasteiger partial charge < -0.3 is 9.47 Å². The van der Waals surface area contributed by atoms with E-state index in [1.807, 2.05) is 25.8 Å². The molecule has 0 aliphatic heterocycles. The van der Waals surface area contributed by atoms with Crippen LogP contribution in [0.3, 0.4) is 0 Å². The molecule has 0 aliphatic rings. The van der Waals surface area contributed by atoms with Crippen LogP contribution in [0.15, 0.2) is 17.2 Å². The Morgan fingerprint density at radius 3 is 2.87 bits per heavy atom. The summed E-state index contributed by atoms with van der Waals surface area (Å²) < 4.78 is 1.62. The summed E-state index contributed by atoms with van der Waals surface area (Å²) in [4.78, 5) is 17.8. The maximum Gasteiger partial charge on any atom is 0.293 e. The fourth-order valence-corrected chi connectivity index (χ4v) is 1.45. The van der Waals surface area contributed by atoms with E-state index in [1.54, 1.807) is 17.0 Å². The quantitative estimate of drug-likeness (QED) is 0.732. The minimum atomic E-state index is -0.0699. The van der Waals surface area contributed by atoms with E-state index in [1.165, 1.54) is 0 Å². The highest BCUT2D eigenvalue weighted by Crippen LogP contribution is 2.06. The van der Waals surface area contributed by atoms with Crippen molar-refractivity contribution in [2.75, 3.05) is 17.8 Å². The van der Waals surface area contributed by atoms with Gasteiger partial charge in [0.2, 0.25) is 0 Å². The topological polar surface area (TPSA) is 38.1 Å². The maximum absolute atomic E-state index is 11.9. The molecule has 1 aromatic rings. The average Bonchev–Trinajstić information content (AvgIpc) is 2.27. The van der Waals surface area contributed by atoms with Gasteiger partial charge in [-0.05, 0) is 13.8 Å². The molecule has 5 heteroatoms. The van der Waals surface area contributed by atoms with Gasteiger partial charge in [-0.25, -0.2) is 4.98 Å². The summed E-state index contributed by atoms with van der Waals surface area (Å²) in [5, 5.41) is 0. The van der Waals surface area contributed by atoms with Gasteiger partial charge in [0.05, 0.1) is 0 Å². The number of aryl methyl sites for hydroxylation is 1. The van der Waals surface area contributed by atoms with E-state index in [0.29, 0.717) is 18.2 Å². The molecule has 0 N–H and O–H groups in total. The second-order valence-electron chi connectivity index (χ2n) is 3.46. The zero-order valence-corrected chi connectivity index (χ0v) is 10.0. The lowest BCUT2D eigenvalue weighted by Crippen LogP contribution is -2.37. The van der Waals surface area contributed by atoms with Crippen molar-refractivity contribution >= 4 is 17.4 Å². The third-order valence-corrected chi connectivity index (χ3v) is 2.90. The van der Waals surface area contributed by atoms with Crippen molar-refractivity contribution in [3.8, 4) is 0 Å². The number of anilines is 1. The predicted octanol–water partition coefficient (Wildman–Crippen LogP) is 1.33. The summed E-state index contributed by atoms with van der Waals surface area (Å²) in [7, 11) is 1.83. The molecule has 1 unspecified atom stereocenters. The molecule has 0 saturated heterocycles. The number of hydrogen-bond acceptors (Lipinski definition) is 3. The molecule has 0 aromatic carbocycles. The van der Waals surface area contributed by atoms with E-state index in [9.17, 15) is 4.79 Å². The summed E-state index contributed by atoms with van der Waals surface area (Å²) in [5.41, 5.74) is -0.0699. The van der Waals surface area contributed by atoms with E-state index in [4.69, 9.17) is 11.6 Å². The summed E-state index contributed by atoms with van der Waals surface area (Å²) in [6.45, 7) is 4.53. The van der Waals surface area contributed by atoms with E-state index in [2.05, 4.69) is 4.98 Å². The van der Waals surface area contributed by atoms with Crippen LogP contribution < -0.4 is 10.5 Å². The van der Waals surface area contributed by atoms with Crippen molar-refractivity contribution in [2.24, 2.45) is 0 Å². The summed E-state index contributed by atoms with van der Waals surface area (Å²) in [6, 6.07) is 0.0968. The Balaban J connectivity index is 3.09. The predicted molar refractivity (Wildman–Crippen MR) is 62.8 cm³/mol. The fraction of sp³-hybridized carbons (Fsp3) is 0.600. The zero-order valence-electron chi connectivity index (χ0n) is 9.27. The normalized spacial score (nSPS) is 12.5. The molecule has 0 fully saturated rings. The number of aromatic nitrogens is 2. The van der Waals surface area contributed by atoms with Crippen molar-refractivity contribution in [1.29, 1.82) is 0 Å².